The van der Waals surface area contributed by atoms with Crippen molar-refractivity contribution in [3.63, 3.8) is 0 Å². The summed E-state index contributed by atoms with van der Waals surface area (Å²) in [5.41, 5.74) is 1.35. The van der Waals surface area contributed by atoms with E-state index >= 15 is 0 Å². The molecule has 2 aromatic heterocycles. The van der Waals surface area contributed by atoms with E-state index in [0.717, 1.165) is 18.4 Å². The normalized spacial score (nSPS) is 18.9. The van der Waals surface area contributed by atoms with Crippen LogP contribution in [0.25, 0.3) is 5.69 Å². The number of nitrogens with zero attached hydrogens (tertiary/aromatic N) is 5. The summed E-state index contributed by atoms with van der Waals surface area (Å²) in [4.78, 5) is 8.68. The molecule has 0 radical (unpaired) electrons. The Morgan fingerprint density at radius 1 is 1.00 bits per heavy atom. The number of anilines is 1. The van der Waals surface area contributed by atoms with Crippen molar-refractivity contribution >= 4 is 16.0 Å². The van der Waals surface area contributed by atoms with Crippen molar-refractivity contribution < 1.29 is 27.4 Å². The third-order valence-electron chi connectivity index (χ3n) is 6.73. The lowest BCUT2D eigenvalue weighted by atomic mass is 9.81. The van der Waals surface area contributed by atoms with Gasteiger partial charge < -0.3 is 18.9 Å². The monoisotopic (exact) mass is 560 g/mol. The standard InChI is InChI=1S/C26H36N6O6S/c1-15(2)38-23(24-27-13-16(3)14-28-24)17(4)39(33,34)31-26-30-29-25(18-11-19(12-18)35-5)32(26)22-20(36-6)9-8-10-21(22)37-7/h8-10,13-15,17-19,23H,11-12H2,1-7H3,(H,30,31)/t17?,18-,19-,23?. The van der Waals surface area contributed by atoms with Gasteiger partial charge in [-0.1, -0.05) is 6.07 Å². The summed E-state index contributed by atoms with van der Waals surface area (Å²) in [6, 6.07) is 5.32. The fraction of sp³-hybridized carbons (Fsp3) is 0.538. The number of aryl methyl sites for hydroxylation is 1. The van der Waals surface area contributed by atoms with Crippen LogP contribution in [-0.4, -0.2) is 71.9 Å². The number of aromatic nitrogens is 5. The maximum absolute atomic E-state index is 13.8. The second kappa shape index (κ2) is 11.8. The van der Waals surface area contributed by atoms with Crippen LogP contribution >= 0.6 is 0 Å². The van der Waals surface area contributed by atoms with Gasteiger partial charge in [-0.3, -0.25) is 9.29 Å². The summed E-state index contributed by atoms with van der Waals surface area (Å²) in [6.45, 7) is 7.07. The SMILES string of the molecule is COc1cccc(OC)c1-n1c(NS(=O)(=O)C(C)C(OC(C)C)c2ncc(C)cn2)nnc1[C@H]1C[C@H](OC)C1. The van der Waals surface area contributed by atoms with Crippen LogP contribution in [0.4, 0.5) is 5.95 Å². The average molecular weight is 561 g/mol. The molecule has 2 atom stereocenters. The molecule has 3 aromatic rings. The first-order valence-corrected chi connectivity index (χ1v) is 14.3. The highest BCUT2D eigenvalue weighted by atomic mass is 32.2. The van der Waals surface area contributed by atoms with E-state index in [1.165, 1.54) is 14.2 Å². The molecule has 1 aliphatic rings. The van der Waals surface area contributed by atoms with E-state index in [1.807, 2.05) is 20.8 Å². The maximum atomic E-state index is 13.8. The number of hydrogen-bond donors (Lipinski definition) is 1. The molecule has 0 bridgehead atoms. The highest BCUT2D eigenvalue weighted by Crippen LogP contribution is 2.43. The summed E-state index contributed by atoms with van der Waals surface area (Å²) in [7, 11) is 0.654. The maximum Gasteiger partial charge on any atom is 0.243 e. The Morgan fingerprint density at radius 3 is 2.15 bits per heavy atom. The number of para-hydroxylation sites is 1. The molecule has 12 nitrogen and oxygen atoms in total. The quantitative estimate of drug-likeness (QED) is 0.350. The minimum Gasteiger partial charge on any atom is -0.494 e. The molecule has 1 N–H and O–H groups in total. The van der Waals surface area contributed by atoms with Crippen LogP contribution in [0, 0.1) is 6.92 Å². The average Bonchev–Trinajstić information content (AvgIpc) is 3.27. The van der Waals surface area contributed by atoms with Gasteiger partial charge in [0, 0.05) is 25.4 Å². The molecule has 1 saturated carbocycles. The van der Waals surface area contributed by atoms with Crippen molar-refractivity contribution in [2.75, 3.05) is 26.1 Å². The van der Waals surface area contributed by atoms with Gasteiger partial charge in [-0.05, 0) is 58.2 Å². The molecule has 0 saturated heterocycles. The molecular weight excluding hydrogens is 524 g/mol. The van der Waals surface area contributed by atoms with Crippen molar-refractivity contribution in [2.45, 2.75) is 70.0 Å². The summed E-state index contributed by atoms with van der Waals surface area (Å²) in [5, 5.41) is 7.60. The van der Waals surface area contributed by atoms with E-state index in [0.29, 0.717) is 23.0 Å². The van der Waals surface area contributed by atoms with E-state index in [2.05, 4.69) is 24.9 Å². The zero-order valence-electron chi connectivity index (χ0n) is 23.3. The van der Waals surface area contributed by atoms with Gasteiger partial charge in [-0.2, -0.15) is 0 Å². The van der Waals surface area contributed by atoms with Gasteiger partial charge in [-0.25, -0.2) is 18.4 Å². The summed E-state index contributed by atoms with van der Waals surface area (Å²) >= 11 is 0. The largest absolute Gasteiger partial charge is 0.494 e. The second-order valence-corrected chi connectivity index (χ2v) is 11.9. The van der Waals surface area contributed by atoms with Gasteiger partial charge >= 0.3 is 0 Å². The van der Waals surface area contributed by atoms with Gasteiger partial charge in [0.15, 0.2) is 5.82 Å². The number of sulfonamides is 1. The molecule has 0 spiro atoms. The van der Waals surface area contributed by atoms with Crippen molar-refractivity contribution in [3.8, 4) is 17.2 Å². The minimum atomic E-state index is -4.09. The van der Waals surface area contributed by atoms with Crippen molar-refractivity contribution in [3.05, 3.63) is 47.8 Å². The molecule has 0 amide bonds. The van der Waals surface area contributed by atoms with Crippen LogP contribution in [0.1, 0.15) is 62.8 Å². The molecule has 212 valence electrons. The van der Waals surface area contributed by atoms with Crippen LogP contribution in [0.2, 0.25) is 0 Å². The Balaban J connectivity index is 1.77. The van der Waals surface area contributed by atoms with E-state index in [-0.39, 0.29) is 29.9 Å². The Bertz CT molecular complexity index is 1350. The number of nitrogens with one attached hydrogen (secondary N) is 1. The predicted molar refractivity (Wildman–Crippen MR) is 145 cm³/mol. The van der Waals surface area contributed by atoms with Crippen LogP contribution in [0.15, 0.2) is 30.6 Å². The molecule has 4 rings (SSSR count). The third kappa shape index (κ3) is 5.99. The molecule has 1 fully saturated rings. The van der Waals surface area contributed by atoms with Crippen molar-refractivity contribution in [1.29, 1.82) is 0 Å². The summed E-state index contributed by atoms with van der Waals surface area (Å²) in [5.74, 6) is 1.81. The molecule has 2 heterocycles. The summed E-state index contributed by atoms with van der Waals surface area (Å²) < 4.78 is 54.6. The summed E-state index contributed by atoms with van der Waals surface area (Å²) in [6.07, 6.45) is 3.63. The topological polar surface area (TPSA) is 140 Å². The smallest absolute Gasteiger partial charge is 0.243 e. The highest BCUT2D eigenvalue weighted by molar-refractivity contribution is 7.93. The van der Waals surface area contributed by atoms with Gasteiger partial charge in [0.2, 0.25) is 16.0 Å². The molecule has 1 aromatic carbocycles. The number of benzene rings is 1. The van der Waals surface area contributed by atoms with Crippen LogP contribution in [0.5, 0.6) is 11.5 Å². The second-order valence-electron chi connectivity index (χ2n) is 9.83. The molecule has 2 unspecified atom stereocenters. The Labute approximate surface area is 229 Å². The van der Waals surface area contributed by atoms with Crippen molar-refractivity contribution in [1.82, 2.24) is 24.7 Å². The predicted octanol–water partition coefficient (Wildman–Crippen LogP) is 3.57. The first-order valence-electron chi connectivity index (χ1n) is 12.7. The Morgan fingerprint density at radius 2 is 1.62 bits per heavy atom. The Kier molecular flexibility index (Phi) is 8.72. The first-order chi connectivity index (χ1) is 18.6. The molecule has 0 aliphatic heterocycles. The number of methoxy groups -OCH3 is 3. The fourth-order valence-electron chi connectivity index (χ4n) is 4.48. The molecule has 13 heteroatoms. The van der Waals surface area contributed by atoms with E-state index in [1.54, 1.807) is 49.2 Å². The lowest BCUT2D eigenvalue weighted by Gasteiger charge is -2.33. The molecule has 1 aliphatic carbocycles. The van der Waals surface area contributed by atoms with Gasteiger partial charge in [0.05, 0.1) is 26.4 Å². The van der Waals surface area contributed by atoms with E-state index in [4.69, 9.17) is 18.9 Å². The van der Waals surface area contributed by atoms with Crippen molar-refractivity contribution in [2.24, 2.45) is 0 Å². The van der Waals surface area contributed by atoms with E-state index < -0.39 is 21.4 Å². The number of hydrogen-bond acceptors (Lipinski definition) is 10. The molecular formula is C26H36N6O6S. The number of ether oxygens (including phenoxy) is 4. The van der Waals surface area contributed by atoms with Crippen LogP contribution in [-0.2, 0) is 19.5 Å². The van der Waals surface area contributed by atoms with Gasteiger partial charge in [0.25, 0.3) is 0 Å². The lowest BCUT2D eigenvalue weighted by molar-refractivity contribution is 0.00152. The van der Waals surface area contributed by atoms with Crippen LogP contribution < -0.4 is 14.2 Å². The minimum absolute atomic E-state index is 0.00530. The molecule has 39 heavy (non-hydrogen) atoms. The zero-order valence-corrected chi connectivity index (χ0v) is 24.1. The highest BCUT2D eigenvalue weighted by Gasteiger charge is 2.39. The van der Waals surface area contributed by atoms with E-state index in [9.17, 15) is 8.42 Å². The number of rotatable bonds is 12. The first kappa shape index (κ1) is 28.7. The third-order valence-corrected chi connectivity index (χ3v) is 8.42. The van der Waals surface area contributed by atoms with Gasteiger partial charge in [-0.15, -0.1) is 10.2 Å². The van der Waals surface area contributed by atoms with Gasteiger partial charge in [0.1, 0.15) is 34.4 Å². The fourth-order valence-corrected chi connectivity index (χ4v) is 5.56. The lowest BCUT2D eigenvalue weighted by Crippen LogP contribution is -2.35. The Hall–Kier alpha value is -3.29. The van der Waals surface area contributed by atoms with Crippen LogP contribution in [0.3, 0.4) is 0 Å². The zero-order chi connectivity index (χ0) is 28.3.